The molecule has 7 rings (SSSR count). The molecule has 204 valence electrons. The summed E-state index contributed by atoms with van der Waals surface area (Å²) in [7, 11) is 2.15. The van der Waals surface area contributed by atoms with E-state index in [1.165, 1.54) is 71.4 Å². The molecule has 0 atom stereocenters. The normalized spacial score (nSPS) is 13.1. The van der Waals surface area contributed by atoms with Crippen LogP contribution in [0.1, 0.15) is 58.2 Å². The second-order valence-corrected chi connectivity index (χ2v) is 13.8. The Hall–Kier alpha value is -4.17. The Bertz CT molecular complexity index is 2020. The molecule has 1 aliphatic rings. The molecule has 0 aliphatic carbocycles. The molecule has 6 aromatic rings. The van der Waals surface area contributed by atoms with Crippen molar-refractivity contribution in [2.75, 3.05) is 0 Å². The van der Waals surface area contributed by atoms with Crippen LogP contribution >= 0.6 is 0 Å². The van der Waals surface area contributed by atoms with Crippen molar-refractivity contribution < 1.29 is 9.30 Å². The molecule has 0 fully saturated rings. The number of rotatable bonds is 1. The van der Waals surface area contributed by atoms with Crippen molar-refractivity contribution in [1.29, 1.82) is 0 Å². The van der Waals surface area contributed by atoms with Crippen LogP contribution in [0, 0.1) is 6.92 Å². The van der Waals surface area contributed by atoms with Gasteiger partial charge in [-0.2, -0.15) is 0 Å². The lowest BCUT2D eigenvalue weighted by atomic mass is 9.78. The number of pyridine rings is 1. The Labute approximate surface area is 243 Å². The van der Waals surface area contributed by atoms with Gasteiger partial charge in [0.05, 0.1) is 10.9 Å². The highest BCUT2D eigenvalue weighted by Crippen LogP contribution is 2.51. The van der Waals surface area contributed by atoms with Gasteiger partial charge in [-0.15, -0.1) is 0 Å². The first-order valence-corrected chi connectivity index (χ1v) is 14.7. The fraction of sp³-hybridized carbons (Fsp3) is 0.256. The average Bonchev–Trinajstić information content (AvgIpc) is 2.92. The van der Waals surface area contributed by atoms with Crippen LogP contribution < -0.4 is 9.30 Å². The lowest BCUT2D eigenvalue weighted by Crippen LogP contribution is -2.31. The molecule has 2 nitrogen and oxygen atoms in total. The second-order valence-electron chi connectivity index (χ2n) is 13.8. The van der Waals surface area contributed by atoms with E-state index in [0.29, 0.717) is 0 Å². The fourth-order valence-corrected chi connectivity index (χ4v) is 6.57. The van der Waals surface area contributed by atoms with Crippen LogP contribution in [-0.2, 0) is 17.9 Å². The van der Waals surface area contributed by atoms with Gasteiger partial charge in [0, 0.05) is 11.5 Å². The lowest BCUT2D eigenvalue weighted by Gasteiger charge is -2.27. The van der Waals surface area contributed by atoms with E-state index in [1.807, 2.05) is 0 Å². The quantitative estimate of drug-likeness (QED) is 0.150. The Kier molecular flexibility index (Phi) is 5.45. The van der Waals surface area contributed by atoms with E-state index in [0.717, 1.165) is 11.5 Å². The summed E-state index contributed by atoms with van der Waals surface area (Å²) >= 11 is 0. The second kappa shape index (κ2) is 8.66. The number of hydrogen-bond donors (Lipinski definition) is 0. The van der Waals surface area contributed by atoms with E-state index in [4.69, 9.17) is 4.74 Å². The number of aryl methyl sites for hydroxylation is 2. The first-order valence-electron chi connectivity index (χ1n) is 14.7. The first kappa shape index (κ1) is 25.8. The van der Waals surface area contributed by atoms with Crippen molar-refractivity contribution in [3.63, 3.8) is 0 Å². The minimum absolute atomic E-state index is 0.0510. The summed E-state index contributed by atoms with van der Waals surface area (Å²) in [6, 6.07) is 29.3. The molecule has 1 aromatic heterocycles. The molecule has 0 N–H and O–H groups in total. The summed E-state index contributed by atoms with van der Waals surface area (Å²) in [4.78, 5) is 0. The van der Waals surface area contributed by atoms with Crippen LogP contribution in [0.5, 0.6) is 11.5 Å². The van der Waals surface area contributed by atoms with Crippen LogP contribution in [0.15, 0.2) is 85.1 Å². The van der Waals surface area contributed by atoms with Crippen molar-refractivity contribution in [2.45, 2.75) is 59.3 Å². The minimum Gasteiger partial charge on any atom is -0.456 e. The minimum atomic E-state index is 0.0510. The predicted molar refractivity (Wildman–Crippen MR) is 173 cm³/mol. The summed E-state index contributed by atoms with van der Waals surface area (Å²) in [5, 5.41) is 7.37. The Morgan fingerprint density at radius 2 is 1.29 bits per heavy atom. The number of hydrogen-bond acceptors (Lipinski definition) is 1. The maximum atomic E-state index is 6.76. The van der Waals surface area contributed by atoms with Crippen LogP contribution in [0.2, 0.25) is 0 Å². The summed E-state index contributed by atoms with van der Waals surface area (Å²) < 4.78 is 9.03. The van der Waals surface area contributed by atoms with Gasteiger partial charge < -0.3 is 4.74 Å². The molecule has 41 heavy (non-hydrogen) atoms. The van der Waals surface area contributed by atoms with Gasteiger partial charge in [0.1, 0.15) is 18.5 Å². The van der Waals surface area contributed by atoms with E-state index in [1.54, 1.807) is 0 Å². The third-order valence-electron chi connectivity index (χ3n) is 8.93. The third-order valence-corrected chi connectivity index (χ3v) is 8.93. The number of benzene rings is 5. The third kappa shape index (κ3) is 3.95. The molecular formula is C39H38NO+. The van der Waals surface area contributed by atoms with E-state index in [-0.39, 0.29) is 10.8 Å². The highest BCUT2D eigenvalue weighted by Gasteiger charge is 2.31. The monoisotopic (exact) mass is 536 g/mol. The van der Waals surface area contributed by atoms with Crippen molar-refractivity contribution >= 4 is 32.3 Å². The molecule has 2 heterocycles. The molecule has 5 aromatic carbocycles. The molecular weight excluding hydrogens is 498 g/mol. The van der Waals surface area contributed by atoms with Crippen molar-refractivity contribution in [3.05, 3.63) is 102 Å². The van der Waals surface area contributed by atoms with Gasteiger partial charge in [0.25, 0.3) is 0 Å². The molecule has 0 bridgehead atoms. The molecule has 0 radical (unpaired) electrons. The summed E-state index contributed by atoms with van der Waals surface area (Å²) in [6.07, 6.45) is 2.22. The maximum Gasteiger partial charge on any atom is 0.228 e. The summed E-state index contributed by atoms with van der Waals surface area (Å²) in [6.45, 7) is 16.1. The molecule has 0 amide bonds. The number of ether oxygens (including phenoxy) is 1. The van der Waals surface area contributed by atoms with Crippen LogP contribution in [0.3, 0.4) is 0 Å². The van der Waals surface area contributed by atoms with E-state index in [2.05, 4.69) is 145 Å². The lowest BCUT2D eigenvalue weighted by molar-refractivity contribution is -0.659. The van der Waals surface area contributed by atoms with Crippen LogP contribution in [0.4, 0.5) is 0 Å². The SMILES string of the molecule is Cc1c2c(cc3ccccc13)Oc1cc3cccc(-c4cc(C(C)(C)C)cc(C(C)(C)C)c4)c3c3cc[n+](C)c-2c13. The molecule has 2 heteroatoms. The van der Waals surface area contributed by atoms with Crippen molar-refractivity contribution in [3.8, 4) is 33.9 Å². The van der Waals surface area contributed by atoms with E-state index < -0.39 is 0 Å². The fourth-order valence-electron chi connectivity index (χ4n) is 6.57. The Balaban J connectivity index is 1.59. The first-order chi connectivity index (χ1) is 19.4. The maximum absolute atomic E-state index is 6.76. The van der Waals surface area contributed by atoms with Crippen LogP contribution in [-0.4, -0.2) is 0 Å². The molecule has 0 spiro atoms. The van der Waals surface area contributed by atoms with Crippen molar-refractivity contribution in [1.82, 2.24) is 0 Å². The number of aromatic nitrogens is 1. The molecule has 0 saturated carbocycles. The van der Waals surface area contributed by atoms with Gasteiger partial charge >= 0.3 is 0 Å². The van der Waals surface area contributed by atoms with Gasteiger partial charge in [-0.1, -0.05) is 102 Å². The smallest absolute Gasteiger partial charge is 0.228 e. The number of nitrogens with zero attached hydrogens (tertiary/aromatic N) is 1. The Morgan fingerprint density at radius 3 is 2.00 bits per heavy atom. The largest absolute Gasteiger partial charge is 0.456 e. The Morgan fingerprint density at radius 1 is 0.634 bits per heavy atom. The molecule has 0 unspecified atom stereocenters. The van der Waals surface area contributed by atoms with Gasteiger partial charge in [-0.05, 0) is 79.2 Å². The zero-order valence-corrected chi connectivity index (χ0v) is 25.4. The van der Waals surface area contributed by atoms with Crippen LogP contribution in [0.25, 0.3) is 54.7 Å². The standard InChI is InChI=1S/C39H38NO/c1-23-29-14-10-9-12-24(29)20-32-34(23)37-36-31(16-17-40(37)8)35-25(21-33(36)41-32)13-11-15-30(35)26-18-27(38(2,3)4)22-28(19-26)39(5,6)7/h9-22H,1-8H3/q+1. The topological polar surface area (TPSA) is 13.1 Å². The number of fused-ring (bicyclic) bond motifs is 5. The average molecular weight is 537 g/mol. The highest BCUT2D eigenvalue weighted by atomic mass is 16.5. The predicted octanol–water partition coefficient (Wildman–Crippen LogP) is 10.3. The van der Waals surface area contributed by atoms with E-state index >= 15 is 0 Å². The molecule has 1 aliphatic heterocycles. The summed E-state index contributed by atoms with van der Waals surface area (Å²) in [5.74, 6) is 1.86. The van der Waals surface area contributed by atoms with E-state index in [9.17, 15) is 0 Å². The van der Waals surface area contributed by atoms with Crippen molar-refractivity contribution in [2.24, 2.45) is 7.05 Å². The highest BCUT2D eigenvalue weighted by molar-refractivity contribution is 6.20. The van der Waals surface area contributed by atoms with Gasteiger partial charge in [-0.3, -0.25) is 0 Å². The summed E-state index contributed by atoms with van der Waals surface area (Å²) in [5.41, 5.74) is 9.04. The zero-order chi connectivity index (χ0) is 28.8. The zero-order valence-electron chi connectivity index (χ0n) is 25.4. The molecule has 0 saturated heterocycles. The van der Waals surface area contributed by atoms with Gasteiger partial charge in [0.15, 0.2) is 6.20 Å². The van der Waals surface area contributed by atoms with Gasteiger partial charge in [0.2, 0.25) is 5.69 Å². The van der Waals surface area contributed by atoms with Gasteiger partial charge in [-0.25, -0.2) is 4.57 Å².